The quantitative estimate of drug-likeness (QED) is 0.754. The van der Waals surface area contributed by atoms with Crippen LogP contribution in [0.4, 0.5) is 14.5 Å². The van der Waals surface area contributed by atoms with E-state index in [1.54, 1.807) is 12.1 Å². The summed E-state index contributed by atoms with van der Waals surface area (Å²) in [5.41, 5.74) is 0.281. The molecule has 0 atom stereocenters. The normalized spacial score (nSPS) is 10.7. The van der Waals surface area contributed by atoms with Crippen molar-refractivity contribution in [2.45, 2.75) is 6.43 Å². The van der Waals surface area contributed by atoms with Crippen LogP contribution in [-0.4, -0.2) is 37.3 Å². The maximum absolute atomic E-state index is 11.8. The zero-order chi connectivity index (χ0) is 13.5. The fourth-order valence-corrected chi connectivity index (χ4v) is 1.57. The van der Waals surface area contributed by atoms with Gasteiger partial charge in [0.1, 0.15) is 12.2 Å². The first kappa shape index (κ1) is 14.7. The highest BCUT2D eigenvalue weighted by Crippen LogP contribution is 2.24. The standard InChI is InChI=1S/C11H12ClF2NO3/c12-7-2-1-3-8(10(7)11(16)17)15-4-5-18-6-9(13)14/h1-3,9,15H,4-6H2,(H,16,17). The van der Waals surface area contributed by atoms with Crippen LogP contribution in [0.1, 0.15) is 10.4 Å². The molecule has 0 bridgehead atoms. The zero-order valence-corrected chi connectivity index (χ0v) is 10.1. The number of alkyl halides is 2. The van der Waals surface area contributed by atoms with Crippen molar-refractivity contribution in [3.8, 4) is 0 Å². The van der Waals surface area contributed by atoms with E-state index in [9.17, 15) is 13.6 Å². The second-order valence-corrected chi connectivity index (χ2v) is 3.77. The molecule has 0 aliphatic heterocycles. The van der Waals surface area contributed by atoms with Gasteiger partial charge in [0.15, 0.2) is 0 Å². The van der Waals surface area contributed by atoms with Gasteiger partial charge in [-0.1, -0.05) is 17.7 Å². The molecule has 0 amide bonds. The Morgan fingerprint density at radius 3 is 2.83 bits per heavy atom. The lowest BCUT2D eigenvalue weighted by Crippen LogP contribution is -2.15. The number of hydrogen-bond acceptors (Lipinski definition) is 3. The average molecular weight is 280 g/mol. The molecule has 1 aromatic carbocycles. The molecule has 0 aliphatic carbocycles. The molecule has 100 valence electrons. The number of halogens is 3. The Balaban J connectivity index is 2.52. The van der Waals surface area contributed by atoms with E-state index in [0.29, 0.717) is 5.69 Å². The lowest BCUT2D eigenvalue weighted by Gasteiger charge is -2.10. The maximum atomic E-state index is 11.8. The summed E-state index contributed by atoms with van der Waals surface area (Å²) in [7, 11) is 0. The third-order valence-corrected chi connectivity index (χ3v) is 2.35. The number of carbonyl (C=O) groups is 1. The SMILES string of the molecule is O=C(O)c1c(Cl)cccc1NCCOCC(F)F. The van der Waals surface area contributed by atoms with Crippen LogP contribution in [0.5, 0.6) is 0 Å². The Kier molecular flexibility index (Phi) is 5.80. The molecule has 0 unspecified atom stereocenters. The van der Waals surface area contributed by atoms with E-state index in [0.717, 1.165) is 0 Å². The van der Waals surface area contributed by atoms with Crippen LogP contribution in [0.15, 0.2) is 18.2 Å². The number of anilines is 1. The van der Waals surface area contributed by atoms with E-state index in [1.165, 1.54) is 6.07 Å². The van der Waals surface area contributed by atoms with Gasteiger partial charge < -0.3 is 15.2 Å². The summed E-state index contributed by atoms with van der Waals surface area (Å²) in [6, 6.07) is 4.60. The van der Waals surface area contributed by atoms with Gasteiger partial charge in [0.25, 0.3) is 6.43 Å². The minimum absolute atomic E-state index is 0.0481. The Morgan fingerprint density at radius 1 is 1.50 bits per heavy atom. The number of benzene rings is 1. The second kappa shape index (κ2) is 7.13. The topological polar surface area (TPSA) is 58.6 Å². The Bertz CT molecular complexity index is 415. The first-order valence-corrected chi connectivity index (χ1v) is 5.51. The molecule has 2 N–H and O–H groups in total. The van der Waals surface area contributed by atoms with Gasteiger partial charge in [-0.2, -0.15) is 0 Å². The molecule has 0 saturated heterocycles. The number of nitrogens with one attached hydrogen (secondary N) is 1. The number of carboxylic acids is 1. The Hall–Kier alpha value is -1.40. The van der Waals surface area contributed by atoms with Crippen LogP contribution >= 0.6 is 11.6 Å². The predicted molar refractivity (Wildman–Crippen MR) is 63.7 cm³/mol. The van der Waals surface area contributed by atoms with E-state index in [1.807, 2.05) is 0 Å². The third-order valence-electron chi connectivity index (χ3n) is 2.03. The van der Waals surface area contributed by atoms with Crippen LogP contribution in [0.3, 0.4) is 0 Å². The predicted octanol–water partition coefficient (Wildman–Crippen LogP) is 2.73. The Labute approximate surface area is 108 Å². The number of ether oxygens (including phenoxy) is 1. The lowest BCUT2D eigenvalue weighted by molar-refractivity contribution is 0.0215. The zero-order valence-electron chi connectivity index (χ0n) is 9.33. The number of rotatable bonds is 7. The van der Waals surface area contributed by atoms with Crippen LogP contribution in [-0.2, 0) is 4.74 Å². The molecule has 18 heavy (non-hydrogen) atoms. The van der Waals surface area contributed by atoms with Gasteiger partial charge >= 0.3 is 5.97 Å². The number of aromatic carboxylic acids is 1. The Morgan fingerprint density at radius 2 is 2.22 bits per heavy atom. The summed E-state index contributed by atoms with van der Waals surface area (Å²) in [6.07, 6.45) is -2.51. The van der Waals surface area contributed by atoms with Gasteiger partial charge in [0.2, 0.25) is 0 Å². The number of carboxylic acid groups (broad SMARTS) is 1. The molecular formula is C11H12ClF2NO3. The van der Waals surface area contributed by atoms with E-state index in [-0.39, 0.29) is 23.7 Å². The summed E-state index contributed by atoms with van der Waals surface area (Å²) in [5.74, 6) is -1.16. The molecule has 0 aromatic heterocycles. The van der Waals surface area contributed by atoms with Crippen molar-refractivity contribution in [2.75, 3.05) is 25.1 Å². The minimum atomic E-state index is -2.51. The van der Waals surface area contributed by atoms with Crippen molar-refractivity contribution in [3.05, 3.63) is 28.8 Å². The maximum Gasteiger partial charge on any atom is 0.339 e. The monoisotopic (exact) mass is 279 g/mol. The van der Waals surface area contributed by atoms with E-state index in [2.05, 4.69) is 10.1 Å². The van der Waals surface area contributed by atoms with Gasteiger partial charge in [-0.15, -0.1) is 0 Å². The average Bonchev–Trinajstić information content (AvgIpc) is 2.27. The molecule has 4 nitrogen and oxygen atoms in total. The fourth-order valence-electron chi connectivity index (χ4n) is 1.32. The van der Waals surface area contributed by atoms with Gasteiger partial charge in [-0.3, -0.25) is 0 Å². The molecule has 0 heterocycles. The highest BCUT2D eigenvalue weighted by molar-refractivity contribution is 6.34. The van der Waals surface area contributed by atoms with Gasteiger partial charge in [-0.25, -0.2) is 13.6 Å². The van der Waals surface area contributed by atoms with Crippen molar-refractivity contribution in [2.24, 2.45) is 0 Å². The first-order valence-electron chi connectivity index (χ1n) is 5.14. The van der Waals surface area contributed by atoms with E-state index in [4.69, 9.17) is 16.7 Å². The highest BCUT2D eigenvalue weighted by Gasteiger charge is 2.13. The van der Waals surface area contributed by atoms with Gasteiger partial charge in [0.05, 0.1) is 17.3 Å². The minimum Gasteiger partial charge on any atom is -0.478 e. The molecule has 0 aliphatic rings. The summed E-state index contributed by atoms with van der Waals surface area (Å²) >= 11 is 5.75. The summed E-state index contributed by atoms with van der Waals surface area (Å²) in [6.45, 7) is -0.369. The molecule has 0 radical (unpaired) electrons. The summed E-state index contributed by atoms with van der Waals surface area (Å²) < 4.78 is 28.2. The smallest absolute Gasteiger partial charge is 0.339 e. The largest absolute Gasteiger partial charge is 0.478 e. The molecule has 0 saturated carbocycles. The molecule has 0 spiro atoms. The molecule has 0 fully saturated rings. The van der Waals surface area contributed by atoms with Crippen molar-refractivity contribution in [3.63, 3.8) is 0 Å². The van der Waals surface area contributed by atoms with Crippen LogP contribution < -0.4 is 5.32 Å². The molecular weight excluding hydrogens is 268 g/mol. The van der Waals surface area contributed by atoms with Gasteiger partial charge in [-0.05, 0) is 12.1 Å². The van der Waals surface area contributed by atoms with E-state index >= 15 is 0 Å². The molecule has 1 rings (SSSR count). The summed E-state index contributed by atoms with van der Waals surface area (Å²) in [4.78, 5) is 11.0. The summed E-state index contributed by atoms with van der Waals surface area (Å²) in [5, 5.41) is 11.9. The third kappa shape index (κ3) is 4.46. The van der Waals surface area contributed by atoms with Crippen molar-refractivity contribution in [1.29, 1.82) is 0 Å². The highest BCUT2D eigenvalue weighted by atomic mass is 35.5. The second-order valence-electron chi connectivity index (χ2n) is 3.36. The first-order chi connectivity index (χ1) is 8.52. The van der Waals surface area contributed by atoms with Crippen LogP contribution in [0.25, 0.3) is 0 Å². The molecule has 1 aromatic rings. The van der Waals surface area contributed by atoms with Crippen molar-refractivity contribution < 1.29 is 23.4 Å². The lowest BCUT2D eigenvalue weighted by atomic mass is 10.2. The molecule has 7 heteroatoms. The van der Waals surface area contributed by atoms with Crippen molar-refractivity contribution in [1.82, 2.24) is 0 Å². The fraction of sp³-hybridized carbons (Fsp3) is 0.364. The van der Waals surface area contributed by atoms with Crippen LogP contribution in [0.2, 0.25) is 5.02 Å². The van der Waals surface area contributed by atoms with Crippen LogP contribution in [0, 0.1) is 0 Å². The van der Waals surface area contributed by atoms with E-state index < -0.39 is 19.0 Å². The van der Waals surface area contributed by atoms with Gasteiger partial charge in [0, 0.05) is 6.54 Å². The van der Waals surface area contributed by atoms with Crippen molar-refractivity contribution >= 4 is 23.3 Å². The number of hydrogen-bond donors (Lipinski definition) is 2.